The van der Waals surface area contributed by atoms with Crippen molar-refractivity contribution in [1.29, 1.82) is 0 Å². The number of para-hydroxylation sites is 1. The van der Waals surface area contributed by atoms with Crippen LogP contribution in [-0.2, 0) is 4.79 Å². The van der Waals surface area contributed by atoms with Crippen molar-refractivity contribution in [3.8, 4) is 0 Å². The van der Waals surface area contributed by atoms with Crippen LogP contribution in [0.5, 0.6) is 0 Å². The number of benzene rings is 1. The number of carbonyl (C=O) groups is 2. The largest absolute Gasteiger partial charge is 0.334 e. The molecule has 0 bridgehead atoms. The molecule has 0 aliphatic carbocycles. The van der Waals surface area contributed by atoms with Crippen molar-refractivity contribution in [3.63, 3.8) is 0 Å². The Morgan fingerprint density at radius 3 is 2.53 bits per heavy atom. The number of nitrogens with one attached hydrogen (secondary N) is 1. The fourth-order valence-electron chi connectivity index (χ4n) is 1.63. The van der Waals surface area contributed by atoms with Gasteiger partial charge >= 0.3 is 6.03 Å². The number of urea groups is 1. The molecule has 0 spiro atoms. The third kappa shape index (κ3) is 1.83. The first kappa shape index (κ1) is 9.71. The molecule has 1 atom stereocenters. The van der Waals surface area contributed by atoms with Gasteiger partial charge in [-0.05, 0) is 19.1 Å². The molecule has 1 aromatic carbocycles. The minimum atomic E-state index is -0.343. The summed E-state index contributed by atoms with van der Waals surface area (Å²) in [5, 5.41) is 2.72. The summed E-state index contributed by atoms with van der Waals surface area (Å²) in [6.07, 6.45) is 0.348. The molecule has 1 aliphatic heterocycles. The number of anilines is 1. The van der Waals surface area contributed by atoms with Crippen LogP contribution < -0.4 is 10.2 Å². The SMILES string of the molecule is CC1CC(=O)N(c2ccccc2)C(=O)N1. The lowest BCUT2D eigenvalue weighted by molar-refractivity contribution is -0.118. The van der Waals surface area contributed by atoms with E-state index in [1.807, 2.05) is 13.0 Å². The highest BCUT2D eigenvalue weighted by atomic mass is 16.2. The summed E-state index contributed by atoms with van der Waals surface area (Å²) in [5.74, 6) is -0.155. The van der Waals surface area contributed by atoms with Crippen LogP contribution in [0.15, 0.2) is 30.3 Å². The Kier molecular flexibility index (Phi) is 2.41. The first-order valence-corrected chi connectivity index (χ1v) is 4.87. The molecule has 1 aliphatic rings. The van der Waals surface area contributed by atoms with Crippen molar-refractivity contribution in [2.75, 3.05) is 4.90 Å². The van der Waals surface area contributed by atoms with Crippen LogP contribution in [-0.4, -0.2) is 18.0 Å². The maximum Gasteiger partial charge on any atom is 0.328 e. The van der Waals surface area contributed by atoms with Crippen LogP contribution in [0.2, 0.25) is 0 Å². The van der Waals surface area contributed by atoms with E-state index < -0.39 is 0 Å². The standard InChI is InChI=1S/C11H12N2O2/c1-8-7-10(14)13(11(15)12-8)9-5-3-2-4-6-9/h2-6,8H,7H2,1H3,(H,12,15). The van der Waals surface area contributed by atoms with Gasteiger partial charge in [-0.25, -0.2) is 9.69 Å². The molecule has 2 rings (SSSR count). The molecule has 1 saturated heterocycles. The summed E-state index contributed by atoms with van der Waals surface area (Å²) in [5.41, 5.74) is 0.618. The lowest BCUT2D eigenvalue weighted by Gasteiger charge is -2.29. The summed E-state index contributed by atoms with van der Waals surface area (Å²) in [6.45, 7) is 1.82. The topological polar surface area (TPSA) is 49.4 Å². The normalized spacial score (nSPS) is 21.4. The Morgan fingerprint density at radius 1 is 1.27 bits per heavy atom. The average Bonchev–Trinajstić information content (AvgIpc) is 2.17. The van der Waals surface area contributed by atoms with Crippen LogP contribution >= 0.6 is 0 Å². The molecule has 4 heteroatoms. The summed E-state index contributed by atoms with van der Waals surface area (Å²) in [4.78, 5) is 24.5. The molecule has 1 unspecified atom stereocenters. The highest BCUT2D eigenvalue weighted by Gasteiger charge is 2.30. The monoisotopic (exact) mass is 204 g/mol. The van der Waals surface area contributed by atoms with Gasteiger partial charge in [0.25, 0.3) is 0 Å². The Hall–Kier alpha value is -1.84. The second kappa shape index (κ2) is 3.73. The van der Waals surface area contributed by atoms with Crippen molar-refractivity contribution in [2.45, 2.75) is 19.4 Å². The van der Waals surface area contributed by atoms with E-state index in [4.69, 9.17) is 0 Å². The van der Waals surface area contributed by atoms with Gasteiger partial charge in [0.1, 0.15) is 0 Å². The second-order valence-electron chi connectivity index (χ2n) is 3.62. The minimum Gasteiger partial charge on any atom is -0.334 e. The van der Waals surface area contributed by atoms with Gasteiger partial charge in [0.05, 0.1) is 5.69 Å². The van der Waals surface area contributed by atoms with Crippen LogP contribution in [0.4, 0.5) is 10.5 Å². The lowest BCUT2D eigenvalue weighted by atomic mass is 10.1. The number of rotatable bonds is 1. The van der Waals surface area contributed by atoms with Crippen molar-refractivity contribution < 1.29 is 9.59 Å². The molecule has 1 fully saturated rings. The van der Waals surface area contributed by atoms with Gasteiger partial charge in [-0.15, -0.1) is 0 Å². The number of imide groups is 1. The molecule has 1 N–H and O–H groups in total. The van der Waals surface area contributed by atoms with Crippen LogP contribution in [0.25, 0.3) is 0 Å². The molecule has 0 saturated carbocycles. The summed E-state index contributed by atoms with van der Waals surface area (Å²) in [7, 11) is 0. The van der Waals surface area contributed by atoms with Crippen LogP contribution in [0.3, 0.4) is 0 Å². The predicted octanol–water partition coefficient (Wildman–Crippen LogP) is 1.52. The Balaban J connectivity index is 2.29. The van der Waals surface area contributed by atoms with Gasteiger partial charge in [-0.1, -0.05) is 18.2 Å². The first-order valence-electron chi connectivity index (χ1n) is 4.87. The number of nitrogens with zero attached hydrogens (tertiary/aromatic N) is 1. The predicted molar refractivity (Wildman–Crippen MR) is 56.5 cm³/mol. The number of hydrogen-bond acceptors (Lipinski definition) is 2. The van der Waals surface area contributed by atoms with E-state index in [-0.39, 0.29) is 18.0 Å². The zero-order valence-electron chi connectivity index (χ0n) is 8.43. The van der Waals surface area contributed by atoms with Crippen molar-refractivity contribution in [2.24, 2.45) is 0 Å². The second-order valence-corrected chi connectivity index (χ2v) is 3.62. The molecule has 0 radical (unpaired) electrons. The fraction of sp³-hybridized carbons (Fsp3) is 0.273. The summed E-state index contributed by atoms with van der Waals surface area (Å²) in [6, 6.07) is 8.51. The van der Waals surface area contributed by atoms with Gasteiger partial charge in [0, 0.05) is 12.5 Å². The molecule has 4 nitrogen and oxygen atoms in total. The zero-order chi connectivity index (χ0) is 10.8. The molecule has 0 aromatic heterocycles. The molecule has 3 amide bonds. The molecular weight excluding hydrogens is 192 g/mol. The molecule has 15 heavy (non-hydrogen) atoms. The lowest BCUT2D eigenvalue weighted by Crippen LogP contribution is -2.54. The first-order chi connectivity index (χ1) is 7.18. The fourth-order valence-corrected chi connectivity index (χ4v) is 1.63. The van der Waals surface area contributed by atoms with Gasteiger partial charge in [0.15, 0.2) is 0 Å². The summed E-state index contributed by atoms with van der Waals surface area (Å²) < 4.78 is 0. The van der Waals surface area contributed by atoms with Gasteiger partial charge in [-0.3, -0.25) is 4.79 Å². The smallest absolute Gasteiger partial charge is 0.328 e. The quantitative estimate of drug-likeness (QED) is 0.754. The minimum absolute atomic E-state index is 0.0787. The van der Waals surface area contributed by atoms with Gasteiger partial charge in [0.2, 0.25) is 5.91 Å². The molecule has 1 heterocycles. The Labute approximate surface area is 87.9 Å². The van der Waals surface area contributed by atoms with E-state index >= 15 is 0 Å². The molecule has 1 aromatic rings. The third-order valence-electron chi connectivity index (χ3n) is 2.32. The Bertz CT molecular complexity index is 371. The molecular formula is C11H12N2O2. The van der Waals surface area contributed by atoms with Crippen LogP contribution in [0, 0.1) is 0 Å². The highest BCUT2D eigenvalue weighted by Crippen LogP contribution is 2.18. The van der Waals surface area contributed by atoms with Crippen molar-refractivity contribution in [3.05, 3.63) is 30.3 Å². The number of hydrogen-bond donors (Lipinski definition) is 1. The average molecular weight is 204 g/mol. The maximum absolute atomic E-state index is 11.7. The van der Waals surface area contributed by atoms with Gasteiger partial charge < -0.3 is 5.32 Å². The van der Waals surface area contributed by atoms with Crippen LogP contribution in [0.1, 0.15) is 13.3 Å². The third-order valence-corrected chi connectivity index (χ3v) is 2.32. The van der Waals surface area contributed by atoms with E-state index in [2.05, 4.69) is 5.32 Å². The summed E-state index contributed by atoms with van der Waals surface area (Å²) >= 11 is 0. The molecule has 78 valence electrons. The van der Waals surface area contributed by atoms with E-state index in [0.717, 1.165) is 0 Å². The van der Waals surface area contributed by atoms with E-state index in [1.54, 1.807) is 24.3 Å². The van der Waals surface area contributed by atoms with Crippen molar-refractivity contribution >= 4 is 17.6 Å². The van der Waals surface area contributed by atoms with Crippen molar-refractivity contribution in [1.82, 2.24) is 5.32 Å². The number of amides is 3. The maximum atomic E-state index is 11.7. The van der Waals surface area contributed by atoms with E-state index in [1.165, 1.54) is 4.90 Å². The van der Waals surface area contributed by atoms with E-state index in [9.17, 15) is 9.59 Å². The van der Waals surface area contributed by atoms with E-state index in [0.29, 0.717) is 12.1 Å². The number of carbonyl (C=O) groups excluding carboxylic acids is 2. The zero-order valence-corrected chi connectivity index (χ0v) is 8.43. The van der Waals surface area contributed by atoms with Gasteiger partial charge in [-0.2, -0.15) is 0 Å². The Morgan fingerprint density at radius 2 is 1.93 bits per heavy atom. The highest BCUT2D eigenvalue weighted by molar-refractivity contribution is 6.16.